The second-order valence-electron chi connectivity index (χ2n) is 10.2. The Labute approximate surface area is 209 Å². The van der Waals surface area contributed by atoms with E-state index < -0.39 is 11.9 Å². The van der Waals surface area contributed by atoms with Crippen molar-refractivity contribution in [1.82, 2.24) is 25.6 Å². The van der Waals surface area contributed by atoms with Crippen molar-refractivity contribution in [1.29, 1.82) is 0 Å². The van der Waals surface area contributed by atoms with Gasteiger partial charge in [-0.3, -0.25) is 4.79 Å². The van der Waals surface area contributed by atoms with Crippen LogP contribution >= 0.6 is 11.6 Å². The second kappa shape index (κ2) is 10.8. The largest absolute Gasteiger partial charge is 0.481 e. The predicted molar refractivity (Wildman–Crippen MR) is 134 cm³/mol. The lowest BCUT2D eigenvalue weighted by molar-refractivity contribution is -0.144. The van der Waals surface area contributed by atoms with Gasteiger partial charge in [-0.2, -0.15) is 15.4 Å². The fourth-order valence-corrected chi connectivity index (χ4v) is 5.00. The normalized spacial score (nSPS) is 17.0. The molecule has 0 spiro atoms. The molecule has 9 heteroatoms. The minimum Gasteiger partial charge on any atom is -0.481 e. The van der Waals surface area contributed by atoms with Gasteiger partial charge in [0.15, 0.2) is 0 Å². The van der Waals surface area contributed by atoms with Gasteiger partial charge in [-0.1, -0.05) is 49.7 Å². The lowest BCUT2D eigenvalue weighted by Gasteiger charge is -2.47. The number of hydrogen-bond acceptors (Lipinski definition) is 5. The van der Waals surface area contributed by atoms with Crippen molar-refractivity contribution in [3.63, 3.8) is 0 Å². The fraction of sp³-hybridized carbons (Fsp3) is 0.423. The number of carbonyl (C=O) groups is 1. The minimum absolute atomic E-state index is 0.0872. The molecular weight excluding hydrogens is 469 g/mol. The van der Waals surface area contributed by atoms with Gasteiger partial charge in [0, 0.05) is 42.8 Å². The Morgan fingerprint density at radius 3 is 2.63 bits per heavy atom. The van der Waals surface area contributed by atoms with Crippen LogP contribution in [0.15, 0.2) is 48.7 Å². The summed E-state index contributed by atoms with van der Waals surface area (Å²) in [5.74, 6) is -1.59. The number of benzene rings is 2. The number of nitrogens with one attached hydrogen (secondary N) is 2. The number of carboxylic acid groups (broad SMARTS) is 1. The number of nitrogens with zero attached hydrogens (tertiary/aromatic N) is 3. The zero-order chi connectivity index (χ0) is 25.0. The SMILES string of the molecule is CC1(C)CN(C[C@H](C[C@@H](Cc2ccc(-c3cc(Cl)ccc3F)cc2)NCc2cn[nH]n2)C(=O)O)C1. The maximum absolute atomic E-state index is 14.3. The maximum atomic E-state index is 14.3. The molecule has 1 fully saturated rings. The molecule has 3 aromatic rings. The van der Waals surface area contributed by atoms with Gasteiger partial charge in [0.2, 0.25) is 0 Å². The first kappa shape index (κ1) is 25.3. The van der Waals surface area contributed by atoms with E-state index in [0.717, 1.165) is 29.9 Å². The van der Waals surface area contributed by atoms with E-state index in [4.69, 9.17) is 11.6 Å². The summed E-state index contributed by atoms with van der Waals surface area (Å²) in [6.45, 7) is 7.23. The van der Waals surface area contributed by atoms with Crippen LogP contribution in [-0.2, 0) is 17.8 Å². The highest BCUT2D eigenvalue weighted by molar-refractivity contribution is 6.30. The van der Waals surface area contributed by atoms with E-state index in [1.165, 1.54) is 12.1 Å². The van der Waals surface area contributed by atoms with Crippen molar-refractivity contribution < 1.29 is 14.3 Å². The molecule has 2 aromatic carbocycles. The van der Waals surface area contributed by atoms with Gasteiger partial charge in [0.25, 0.3) is 0 Å². The number of aliphatic carboxylic acids is 1. The average Bonchev–Trinajstić information content (AvgIpc) is 3.31. The molecule has 0 amide bonds. The van der Waals surface area contributed by atoms with Crippen LogP contribution in [0.5, 0.6) is 0 Å². The summed E-state index contributed by atoms with van der Waals surface area (Å²) < 4.78 is 14.3. The summed E-state index contributed by atoms with van der Waals surface area (Å²) in [6.07, 6.45) is 2.76. The number of H-pyrrole nitrogens is 1. The molecule has 35 heavy (non-hydrogen) atoms. The Balaban J connectivity index is 1.46. The molecule has 1 saturated heterocycles. The lowest BCUT2D eigenvalue weighted by atomic mass is 9.83. The molecule has 0 aliphatic carbocycles. The van der Waals surface area contributed by atoms with Crippen LogP contribution < -0.4 is 5.32 Å². The summed E-state index contributed by atoms with van der Waals surface area (Å²) in [5.41, 5.74) is 3.23. The third kappa shape index (κ3) is 6.87. The van der Waals surface area contributed by atoms with E-state index in [-0.39, 0.29) is 17.3 Å². The number of halogens is 2. The molecule has 7 nitrogen and oxygen atoms in total. The topological polar surface area (TPSA) is 94.1 Å². The van der Waals surface area contributed by atoms with Crippen LogP contribution in [0.1, 0.15) is 31.5 Å². The third-order valence-corrected chi connectivity index (χ3v) is 6.65. The summed E-state index contributed by atoms with van der Waals surface area (Å²) in [6, 6.07) is 12.1. The van der Waals surface area contributed by atoms with Crippen molar-refractivity contribution >= 4 is 17.6 Å². The number of aromatic nitrogens is 3. The van der Waals surface area contributed by atoms with Crippen LogP contribution in [0.3, 0.4) is 0 Å². The van der Waals surface area contributed by atoms with Crippen molar-refractivity contribution in [2.45, 2.75) is 39.3 Å². The molecule has 186 valence electrons. The first-order valence-corrected chi connectivity index (χ1v) is 12.1. The molecule has 2 atom stereocenters. The van der Waals surface area contributed by atoms with E-state index in [1.807, 2.05) is 24.3 Å². The van der Waals surface area contributed by atoms with Crippen molar-refractivity contribution in [2.75, 3.05) is 19.6 Å². The van der Waals surface area contributed by atoms with Crippen LogP contribution in [0.4, 0.5) is 4.39 Å². The third-order valence-electron chi connectivity index (χ3n) is 6.41. The molecule has 4 rings (SSSR count). The van der Waals surface area contributed by atoms with E-state index in [9.17, 15) is 14.3 Å². The highest BCUT2D eigenvalue weighted by atomic mass is 35.5. The predicted octanol–water partition coefficient (Wildman–Crippen LogP) is 4.40. The zero-order valence-corrected chi connectivity index (χ0v) is 20.7. The molecule has 0 unspecified atom stereocenters. The van der Waals surface area contributed by atoms with Crippen LogP contribution in [0.25, 0.3) is 11.1 Å². The quantitative estimate of drug-likeness (QED) is 0.362. The molecule has 0 bridgehead atoms. The Hall–Kier alpha value is -2.81. The first-order valence-electron chi connectivity index (χ1n) is 11.8. The number of rotatable bonds is 11. The van der Waals surface area contributed by atoms with Gasteiger partial charge < -0.3 is 15.3 Å². The molecule has 3 N–H and O–H groups in total. The maximum Gasteiger partial charge on any atom is 0.307 e. The summed E-state index contributed by atoms with van der Waals surface area (Å²) >= 11 is 6.05. The van der Waals surface area contributed by atoms with Crippen molar-refractivity contribution in [2.24, 2.45) is 11.3 Å². The molecule has 0 radical (unpaired) electrons. The van der Waals surface area contributed by atoms with E-state index in [0.29, 0.717) is 36.5 Å². The van der Waals surface area contributed by atoms with Gasteiger partial charge in [-0.25, -0.2) is 4.39 Å². The Kier molecular flexibility index (Phi) is 7.84. The minimum atomic E-state index is -0.783. The number of hydrogen-bond donors (Lipinski definition) is 3. The number of likely N-dealkylation sites (tertiary alicyclic amines) is 1. The molecule has 1 aliphatic rings. The van der Waals surface area contributed by atoms with Gasteiger partial charge in [0.1, 0.15) is 5.82 Å². The molecular formula is C26H31ClFN5O2. The summed E-state index contributed by atoms with van der Waals surface area (Å²) in [7, 11) is 0. The van der Waals surface area contributed by atoms with Crippen molar-refractivity contribution in [3.8, 4) is 11.1 Å². The van der Waals surface area contributed by atoms with Gasteiger partial charge in [0.05, 0.1) is 17.8 Å². The smallest absolute Gasteiger partial charge is 0.307 e. The fourth-order valence-electron chi connectivity index (χ4n) is 4.82. The molecule has 1 aromatic heterocycles. The van der Waals surface area contributed by atoms with Crippen LogP contribution in [-0.4, -0.2) is 57.1 Å². The summed E-state index contributed by atoms with van der Waals surface area (Å²) in [4.78, 5) is 14.3. The number of aromatic amines is 1. The second-order valence-corrected chi connectivity index (χ2v) is 10.6. The van der Waals surface area contributed by atoms with E-state index in [1.54, 1.807) is 12.3 Å². The van der Waals surface area contributed by atoms with Crippen molar-refractivity contribution in [3.05, 3.63) is 70.8 Å². The lowest BCUT2D eigenvalue weighted by Crippen LogP contribution is -2.55. The Morgan fingerprint density at radius 1 is 1.26 bits per heavy atom. The van der Waals surface area contributed by atoms with Gasteiger partial charge in [-0.05, 0) is 47.6 Å². The van der Waals surface area contributed by atoms with E-state index >= 15 is 0 Å². The van der Waals surface area contributed by atoms with Gasteiger partial charge >= 0.3 is 5.97 Å². The summed E-state index contributed by atoms with van der Waals surface area (Å²) in [5, 5.41) is 24.4. The number of carboxylic acids is 1. The van der Waals surface area contributed by atoms with Crippen LogP contribution in [0, 0.1) is 17.2 Å². The first-order chi connectivity index (χ1) is 16.7. The standard InChI is InChI=1S/C26H31ClFN5O2/c1-26(2)15-33(16-26)14-19(25(34)35)10-21(29-12-22-13-30-32-31-22)9-17-3-5-18(6-4-17)23-11-20(27)7-8-24(23)28/h3-8,11,13,19,21,29H,9-10,12,14-16H2,1-2H3,(H,34,35)(H,30,31,32)/t19-,21+/m0/s1. The average molecular weight is 500 g/mol. The Bertz CT molecular complexity index is 1130. The Morgan fingerprint density at radius 2 is 2.00 bits per heavy atom. The highest BCUT2D eigenvalue weighted by Crippen LogP contribution is 2.30. The molecule has 0 saturated carbocycles. The van der Waals surface area contributed by atoms with Gasteiger partial charge in [-0.15, -0.1) is 0 Å². The monoisotopic (exact) mass is 499 g/mol. The van der Waals surface area contributed by atoms with Crippen LogP contribution in [0.2, 0.25) is 5.02 Å². The van der Waals surface area contributed by atoms with E-state index in [2.05, 4.69) is 39.5 Å². The molecule has 2 heterocycles. The zero-order valence-electron chi connectivity index (χ0n) is 20.0. The molecule has 1 aliphatic heterocycles. The highest BCUT2D eigenvalue weighted by Gasteiger charge is 2.36.